The molecule has 2 heterocycles. The fraction of sp³-hybridized carbons (Fsp3) is 0.258. The smallest absolute Gasteiger partial charge is 0.253 e. The Kier molecular flexibility index (Phi) is 8.49. The van der Waals surface area contributed by atoms with Crippen molar-refractivity contribution in [2.75, 3.05) is 12.9 Å². The van der Waals surface area contributed by atoms with E-state index in [4.69, 9.17) is 9.84 Å². The molecule has 0 aliphatic carbocycles. The Hall–Kier alpha value is -4.44. The highest BCUT2D eigenvalue weighted by atomic mass is 32.2. The molecule has 2 amide bonds. The molecule has 1 aliphatic rings. The molecule has 0 spiro atoms. The van der Waals surface area contributed by atoms with E-state index in [-0.39, 0.29) is 30.2 Å². The van der Waals surface area contributed by atoms with Crippen LogP contribution in [0, 0.1) is 13.8 Å². The van der Waals surface area contributed by atoms with Gasteiger partial charge in [0, 0.05) is 19.0 Å². The van der Waals surface area contributed by atoms with Gasteiger partial charge in [-0.1, -0.05) is 59.3 Å². The number of nitrogens with zero attached hydrogens (tertiary/aromatic N) is 5. The number of ether oxygens (including phenoxy) is 1. The molecule has 1 aliphatic heterocycles. The fourth-order valence-corrected chi connectivity index (χ4v) is 5.39. The van der Waals surface area contributed by atoms with Crippen LogP contribution in [-0.2, 0) is 18.4 Å². The van der Waals surface area contributed by atoms with E-state index in [1.54, 1.807) is 22.8 Å². The quantitative estimate of drug-likeness (QED) is 0.290. The Morgan fingerprint density at radius 1 is 1.00 bits per heavy atom. The van der Waals surface area contributed by atoms with E-state index in [1.165, 1.54) is 11.8 Å². The molecular weight excluding hydrogens is 536 g/mol. The van der Waals surface area contributed by atoms with Gasteiger partial charge in [0.05, 0.1) is 31.2 Å². The number of methoxy groups -OCH3 is 1. The minimum absolute atomic E-state index is 0.124. The molecule has 1 atom stereocenters. The van der Waals surface area contributed by atoms with Crippen molar-refractivity contribution >= 4 is 29.3 Å². The zero-order valence-electron chi connectivity index (χ0n) is 23.5. The summed E-state index contributed by atoms with van der Waals surface area (Å²) in [4.78, 5) is 26.1. The Morgan fingerprint density at radius 2 is 1.76 bits per heavy atom. The molecule has 4 aromatic rings. The number of nitrogens with one attached hydrogen (secondary N) is 1. The van der Waals surface area contributed by atoms with Crippen molar-refractivity contribution in [2.45, 2.75) is 38.0 Å². The van der Waals surface area contributed by atoms with Gasteiger partial charge in [0.25, 0.3) is 11.8 Å². The van der Waals surface area contributed by atoms with Crippen molar-refractivity contribution in [3.05, 3.63) is 106 Å². The molecule has 5 rings (SSSR count). The summed E-state index contributed by atoms with van der Waals surface area (Å²) in [6.07, 6.45) is 0.612. The van der Waals surface area contributed by atoms with E-state index in [0.717, 1.165) is 33.7 Å². The summed E-state index contributed by atoms with van der Waals surface area (Å²) in [6, 6.07) is 23.1. The number of hydrogen-bond acceptors (Lipinski definition) is 7. The Balaban J connectivity index is 1.27. The number of rotatable bonds is 9. The highest BCUT2D eigenvalue weighted by Crippen LogP contribution is 2.34. The van der Waals surface area contributed by atoms with Gasteiger partial charge in [0.1, 0.15) is 5.75 Å². The van der Waals surface area contributed by atoms with Gasteiger partial charge in [0.2, 0.25) is 0 Å². The lowest BCUT2D eigenvalue weighted by atomic mass is 9.97. The number of aryl methyl sites for hydroxylation is 2. The third-order valence-corrected chi connectivity index (χ3v) is 7.99. The van der Waals surface area contributed by atoms with Gasteiger partial charge >= 0.3 is 0 Å². The van der Waals surface area contributed by atoms with Gasteiger partial charge in [-0.25, -0.2) is 5.01 Å². The fourth-order valence-electron chi connectivity index (χ4n) is 4.61. The van der Waals surface area contributed by atoms with Crippen molar-refractivity contribution in [3.63, 3.8) is 0 Å². The first kappa shape index (κ1) is 28.1. The maximum Gasteiger partial charge on any atom is 0.253 e. The number of carbonyl (C=O) groups excluding carboxylic acids is 2. The van der Waals surface area contributed by atoms with Crippen LogP contribution >= 0.6 is 11.8 Å². The van der Waals surface area contributed by atoms with E-state index >= 15 is 0 Å². The van der Waals surface area contributed by atoms with Crippen molar-refractivity contribution in [2.24, 2.45) is 12.1 Å². The van der Waals surface area contributed by atoms with Gasteiger partial charge in [-0.2, -0.15) is 5.10 Å². The average molecular weight is 569 g/mol. The number of hydrazone groups is 1. The van der Waals surface area contributed by atoms with E-state index in [2.05, 4.69) is 39.8 Å². The summed E-state index contributed by atoms with van der Waals surface area (Å²) in [7, 11) is 3.46. The third-order valence-electron chi connectivity index (χ3n) is 6.99. The predicted octanol–water partition coefficient (Wildman–Crippen LogP) is 4.84. The lowest BCUT2D eigenvalue weighted by molar-refractivity contribution is -0.130. The topological polar surface area (TPSA) is 102 Å². The molecule has 0 saturated carbocycles. The number of hydrogen-bond donors (Lipinski definition) is 1. The highest BCUT2D eigenvalue weighted by molar-refractivity contribution is 7.99. The van der Waals surface area contributed by atoms with E-state index in [0.29, 0.717) is 23.0 Å². The van der Waals surface area contributed by atoms with Gasteiger partial charge in [0.15, 0.2) is 11.0 Å². The Morgan fingerprint density at radius 3 is 2.46 bits per heavy atom. The number of aromatic nitrogens is 3. The second-order valence-corrected chi connectivity index (χ2v) is 10.9. The Bertz CT molecular complexity index is 1580. The first-order chi connectivity index (χ1) is 19.8. The zero-order valence-corrected chi connectivity index (χ0v) is 24.3. The van der Waals surface area contributed by atoms with E-state index < -0.39 is 0 Å². The minimum atomic E-state index is -0.201. The maximum absolute atomic E-state index is 13.5. The van der Waals surface area contributed by atoms with E-state index in [9.17, 15) is 9.59 Å². The van der Waals surface area contributed by atoms with Gasteiger partial charge in [-0.15, -0.1) is 10.2 Å². The van der Waals surface area contributed by atoms with Crippen LogP contribution in [-0.4, -0.2) is 50.2 Å². The molecule has 0 bridgehead atoms. The third kappa shape index (κ3) is 6.49. The summed E-state index contributed by atoms with van der Waals surface area (Å²) in [5.74, 6) is 1.21. The highest BCUT2D eigenvalue weighted by Gasteiger charge is 2.33. The van der Waals surface area contributed by atoms with Crippen molar-refractivity contribution in [3.8, 4) is 5.75 Å². The van der Waals surface area contributed by atoms with Crippen molar-refractivity contribution in [1.82, 2.24) is 25.1 Å². The van der Waals surface area contributed by atoms with Crippen LogP contribution in [0.3, 0.4) is 0 Å². The number of carbonyl (C=O) groups is 2. The second kappa shape index (κ2) is 12.4. The SMILES string of the molecule is COc1ccc(C2=NN(C(=O)CSc3nnc(CNC(=O)c4cccc(C)c4)n3C)[C@H](c3ccc(C)cc3)C2)cc1. The summed E-state index contributed by atoms with van der Waals surface area (Å²) < 4.78 is 7.08. The van der Waals surface area contributed by atoms with Crippen LogP contribution in [0.4, 0.5) is 0 Å². The maximum atomic E-state index is 13.5. The average Bonchev–Trinajstić information content (AvgIpc) is 3.59. The van der Waals surface area contributed by atoms with Crippen molar-refractivity contribution in [1.29, 1.82) is 0 Å². The first-order valence-corrected chi connectivity index (χ1v) is 14.3. The number of amides is 2. The van der Waals surface area contributed by atoms with Gasteiger partial charge in [-0.05, 0) is 61.4 Å². The normalized spacial score (nSPS) is 14.6. The van der Waals surface area contributed by atoms with Gasteiger partial charge < -0.3 is 14.6 Å². The molecule has 0 unspecified atom stereocenters. The van der Waals surface area contributed by atoms with Crippen LogP contribution < -0.4 is 10.1 Å². The molecular formula is C31H32N6O3S. The molecule has 210 valence electrons. The van der Waals surface area contributed by atoms with Gasteiger partial charge in [-0.3, -0.25) is 9.59 Å². The number of thioether (sulfide) groups is 1. The summed E-state index contributed by atoms with van der Waals surface area (Å²) in [5, 5.41) is 18.3. The second-order valence-electron chi connectivity index (χ2n) is 9.94. The standard InChI is InChI=1S/C31H32N6O3S/c1-20-8-10-23(11-9-20)27-17-26(22-12-14-25(40-4)15-13-22)35-37(27)29(38)19-41-31-34-33-28(36(31)3)18-32-30(39)24-7-5-6-21(2)16-24/h5-16,27H,17-19H2,1-4H3,(H,32,39)/t27-/m0/s1. The van der Waals surface area contributed by atoms with Crippen molar-refractivity contribution < 1.29 is 14.3 Å². The molecule has 41 heavy (non-hydrogen) atoms. The Labute approximate surface area is 243 Å². The van der Waals surface area contributed by atoms with Crippen LogP contribution in [0.5, 0.6) is 5.75 Å². The summed E-state index contributed by atoms with van der Waals surface area (Å²) >= 11 is 1.30. The predicted molar refractivity (Wildman–Crippen MR) is 159 cm³/mol. The summed E-state index contributed by atoms with van der Waals surface area (Å²) in [6.45, 7) is 4.21. The lowest BCUT2D eigenvalue weighted by Gasteiger charge is -2.22. The molecule has 1 aromatic heterocycles. The largest absolute Gasteiger partial charge is 0.497 e. The molecule has 9 nitrogen and oxygen atoms in total. The monoisotopic (exact) mass is 568 g/mol. The molecule has 3 aromatic carbocycles. The molecule has 0 fully saturated rings. The van der Waals surface area contributed by atoms with E-state index in [1.807, 2.05) is 63.4 Å². The lowest BCUT2D eigenvalue weighted by Crippen LogP contribution is -2.28. The molecule has 10 heteroatoms. The molecule has 0 saturated heterocycles. The number of benzene rings is 3. The first-order valence-electron chi connectivity index (χ1n) is 13.3. The van der Waals surface area contributed by atoms with Crippen LogP contribution in [0.25, 0.3) is 0 Å². The molecule has 1 N–H and O–H groups in total. The minimum Gasteiger partial charge on any atom is -0.497 e. The van der Waals surface area contributed by atoms with Crippen LogP contribution in [0.1, 0.15) is 50.9 Å². The summed E-state index contributed by atoms with van der Waals surface area (Å²) in [5.41, 5.74) is 5.60. The van der Waals surface area contributed by atoms with Crippen LogP contribution in [0.2, 0.25) is 0 Å². The zero-order chi connectivity index (χ0) is 28.9. The van der Waals surface area contributed by atoms with Crippen LogP contribution in [0.15, 0.2) is 83.1 Å². The molecule has 0 radical (unpaired) electrons.